The van der Waals surface area contributed by atoms with Gasteiger partial charge in [-0.1, -0.05) is 6.92 Å². The molecule has 1 spiro atoms. The minimum atomic E-state index is -0.899. The van der Waals surface area contributed by atoms with Gasteiger partial charge in [0, 0.05) is 49.1 Å². The Bertz CT molecular complexity index is 1210. The van der Waals surface area contributed by atoms with E-state index in [1.54, 1.807) is 23.2 Å². The molecular formula is C25H26F2N6O. The number of anilines is 1. The minimum Gasteiger partial charge on any atom is -0.384 e. The average molecular weight is 465 g/mol. The van der Waals surface area contributed by atoms with Gasteiger partial charge >= 0.3 is 0 Å². The summed E-state index contributed by atoms with van der Waals surface area (Å²) in [7, 11) is 0. The molecule has 2 aliphatic rings. The third-order valence-corrected chi connectivity index (χ3v) is 6.98. The van der Waals surface area contributed by atoms with Gasteiger partial charge in [0.2, 0.25) is 0 Å². The van der Waals surface area contributed by atoms with Crippen molar-refractivity contribution in [3.63, 3.8) is 0 Å². The van der Waals surface area contributed by atoms with Crippen LogP contribution in [0.25, 0.3) is 22.4 Å². The quantitative estimate of drug-likeness (QED) is 0.614. The molecule has 2 aromatic heterocycles. The Morgan fingerprint density at radius 3 is 2.35 bits per heavy atom. The number of nitrogens with two attached hydrogens (primary N) is 1. The maximum atomic E-state index is 15.2. The summed E-state index contributed by atoms with van der Waals surface area (Å²) < 4.78 is 30.5. The molecule has 1 amide bonds. The molecule has 4 heterocycles. The summed E-state index contributed by atoms with van der Waals surface area (Å²) in [6.45, 7) is 4.82. The molecule has 2 aliphatic heterocycles. The second-order valence-electron chi connectivity index (χ2n) is 9.08. The number of aromatic nitrogens is 3. The highest BCUT2D eigenvalue weighted by Gasteiger charge is 2.41. The number of benzene rings is 1. The number of pyridine rings is 1. The molecule has 3 N–H and O–H groups in total. The number of aryl methyl sites for hydroxylation is 1. The first-order valence-corrected chi connectivity index (χ1v) is 11.5. The van der Waals surface area contributed by atoms with E-state index in [9.17, 15) is 4.79 Å². The van der Waals surface area contributed by atoms with Gasteiger partial charge in [-0.2, -0.15) is 0 Å². The average Bonchev–Trinajstić information content (AvgIpc) is 2.82. The van der Waals surface area contributed by atoms with Crippen LogP contribution in [-0.2, 0) is 6.42 Å². The van der Waals surface area contributed by atoms with Crippen molar-refractivity contribution < 1.29 is 13.6 Å². The fourth-order valence-corrected chi connectivity index (χ4v) is 4.85. The van der Waals surface area contributed by atoms with Gasteiger partial charge in [0.1, 0.15) is 29.3 Å². The first kappa shape index (κ1) is 22.3. The normalized spacial score (nSPS) is 17.0. The molecule has 0 bridgehead atoms. The van der Waals surface area contributed by atoms with Gasteiger partial charge in [0.05, 0.1) is 11.4 Å². The SMILES string of the molecule is CCc1ncnc(-c2cc(F)c(C(=O)N3CCC4(CC3)CNC4)c(F)c2)c1-c1ccc(N)nc1. The van der Waals surface area contributed by atoms with E-state index in [0.717, 1.165) is 25.9 Å². The Kier molecular flexibility index (Phi) is 5.73. The van der Waals surface area contributed by atoms with Crippen LogP contribution < -0.4 is 11.1 Å². The summed E-state index contributed by atoms with van der Waals surface area (Å²) in [6, 6.07) is 5.77. The molecule has 0 radical (unpaired) electrons. The number of nitrogens with one attached hydrogen (secondary N) is 1. The van der Waals surface area contributed by atoms with Crippen molar-refractivity contribution >= 4 is 11.7 Å². The van der Waals surface area contributed by atoms with E-state index < -0.39 is 23.1 Å². The monoisotopic (exact) mass is 464 g/mol. The minimum absolute atomic E-state index is 0.230. The van der Waals surface area contributed by atoms with Crippen LogP contribution in [0.2, 0.25) is 0 Å². The number of rotatable bonds is 4. The number of hydrogen-bond acceptors (Lipinski definition) is 6. The molecule has 5 rings (SSSR count). The van der Waals surface area contributed by atoms with Crippen molar-refractivity contribution in [2.24, 2.45) is 5.41 Å². The fraction of sp³-hybridized carbons (Fsp3) is 0.360. The van der Waals surface area contributed by atoms with Gasteiger partial charge in [-0.05, 0) is 48.9 Å². The van der Waals surface area contributed by atoms with Crippen LogP contribution in [0.1, 0.15) is 35.8 Å². The van der Waals surface area contributed by atoms with Gasteiger partial charge in [-0.3, -0.25) is 4.79 Å². The zero-order valence-electron chi connectivity index (χ0n) is 18.9. The smallest absolute Gasteiger partial charge is 0.259 e. The highest BCUT2D eigenvalue weighted by Crippen LogP contribution is 2.37. The third kappa shape index (κ3) is 3.90. The molecule has 2 fully saturated rings. The van der Waals surface area contributed by atoms with Crippen LogP contribution in [0.15, 0.2) is 36.8 Å². The summed E-state index contributed by atoms with van der Waals surface area (Å²) >= 11 is 0. The van der Waals surface area contributed by atoms with Gasteiger partial charge in [0.25, 0.3) is 5.91 Å². The van der Waals surface area contributed by atoms with Gasteiger partial charge in [-0.15, -0.1) is 0 Å². The Labute approximate surface area is 196 Å². The number of carbonyl (C=O) groups excluding carboxylic acids is 1. The lowest BCUT2D eigenvalue weighted by Gasteiger charge is -2.48. The maximum absolute atomic E-state index is 15.2. The van der Waals surface area contributed by atoms with Crippen LogP contribution >= 0.6 is 0 Å². The Morgan fingerprint density at radius 2 is 1.79 bits per heavy atom. The molecule has 0 saturated carbocycles. The molecule has 9 heteroatoms. The Hall–Kier alpha value is -3.46. The lowest BCUT2D eigenvalue weighted by Crippen LogP contribution is -2.58. The zero-order valence-corrected chi connectivity index (χ0v) is 18.9. The third-order valence-electron chi connectivity index (χ3n) is 6.98. The predicted molar refractivity (Wildman–Crippen MR) is 125 cm³/mol. The summed E-state index contributed by atoms with van der Waals surface area (Å²) in [4.78, 5) is 27.4. The first-order valence-electron chi connectivity index (χ1n) is 11.5. The number of halogens is 2. The van der Waals surface area contributed by atoms with Crippen LogP contribution in [0.3, 0.4) is 0 Å². The Morgan fingerprint density at radius 1 is 1.09 bits per heavy atom. The van der Waals surface area contributed by atoms with E-state index >= 15 is 8.78 Å². The van der Waals surface area contributed by atoms with Crippen molar-refractivity contribution in [2.75, 3.05) is 31.9 Å². The van der Waals surface area contributed by atoms with Crippen molar-refractivity contribution in [1.29, 1.82) is 0 Å². The zero-order chi connectivity index (χ0) is 23.9. The summed E-state index contributed by atoms with van der Waals surface area (Å²) in [5, 5.41) is 3.27. The number of hydrogen-bond donors (Lipinski definition) is 2. The fourth-order valence-electron chi connectivity index (χ4n) is 4.85. The number of likely N-dealkylation sites (tertiary alicyclic amines) is 1. The molecule has 1 aromatic carbocycles. The van der Waals surface area contributed by atoms with Crippen LogP contribution in [0.4, 0.5) is 14.6 Å². The summed E-state index contributed by atoms with van der Waals surface area (Å²) in [6.07, 6.45) is 5.22. The maximum Gasteiger partial charge on any atom is 0.259 e. The summed E-state index contributed by atoms with van der Waals surface area (Å²) in [5.41, 5.74) is 8.06. The van der Waals surface area contributed by atoms with E-state index in [4.69, 9.17) is 5.73 Å². The highest BCUT2D eigenvalue weighted by atomic mass is 19.1. The Balaban J connectivity index is 1.50. The molecule has 0 aliphatic carbocycles. The molecule has 2 saturated heterocycles. The van der Waals surface area contributed by atoms with Crippen LogP contribution in [-0.4, -0.2) is 51.9 Å². The van der Waals surface area contributed by atoms with Crippen molar-refractivity contribution in [3.05, 3.63) is 59.7 Å². The second-order valence-corrected chi connectivity index (χ2v) is 9.08. The summed E-state index contributed by atoms with van der Waals surface area (Å²) in [5.74, 6) is -2.05. The molecule has 3 aromatic rings. The first-order chi connectivity index (χ1) is 16.4. The topological polar surface area (TPSA) is 97.0 Å². The predicted octanol–water partition coefficient (Wildman–Crippen LogP) is 3.45. The number of nitrogens with zero attached hydrogens (tertiary/aromatic N) is 4. The molecule has 176 valence electrons. The van der Waals surface area contributed by atoms with Gasteiger partial charge in [0.15, 0.2) is 0 Å². The van der Waals surface area contributed by atoms with E-state index in [1.165, 1.54) is 18.5 Å². The standard InChI is InChI=1S/C25H26F2N6O/c1-2-19-21(15-3-4-20(28)30-11-15)23(32-14-31-19)16-9-17(26)22(18(27)10-16)24(34)33-7-5-25(6-8-33)12-29-13-25/h3-4,9-11,14,29H,2,5-8,12-13H2,1H3,(H2,28,30). The van der Waals surface area contributed by atoms with Gasteiger partial charge < -0.3 is 16.0 Å². The number of amides is 1. The van der Waals surface area contributed by atoms with E-state index in [0.29, 0.717) is 47.8 Å². The van der Waals surface area contributed by atoms with Crippen molar-refractivity contribution in [2.45, 2.75) is 26.2 Å². The van der Waals surface area contributed by atoms with Crippen molar-refractivity contribution in [3.8, 4) is 22.4 Å². The van der Waals surface area contributed by atoms with E-state index in [-0.39, 0.29) is 11.0 Å². The van der Waals surface area contributed by atoms with Crippen molar-refractivity contribution in [1.82, 2.24) is 25.2 Å². The number of piperidine rings is 1. The van der Waals surface area contributed by atoms with E-state index in [1.807, 2.05) is 6.92 Å². The number of carbonyl (C=O) groups is 1. The van der Waals surface area contributed by atoms with E-state index in [2.05, 4.69) is 20.3 Å². The van der Waals surface area contributed by atoms with Crippen LogP contribution in [0.5, 0.6) is 0 Å². The second kappa shape index (κ2) is 8.72. The largest absolute Gasteiger partial charge is 0.384 e. The number of nitrogen functional groups attached to an aromatic ring is 1. The highest BCUT2D eigenvalue weighted by molar-refractivity contribution is 5.96. The molecular weight excluding hydrogens is 438 g/mol. The molecule has 34 heavy (non-hydrogen) atoms. The lowest BCUT2D eigenvalue weighted by molar-refractivity contribution is 0.0408. The molecule has 0 unspecified atom stereocenters. The molecule has 0 atom stereocenters. The van der Waals surface area contributed by atoms with Gasteiger partial charge in [-0.25, -0.2) is 23.7 Å². The van der Waals surface area contributed by atoms with Crippen LogP contribution in [0, 0.1) is 17.0 Å². The molecule has 7 nitrogen and oxygen atoms in total. The lowest BCUT2D eigenvalue weighted by atomic mass is 9.73.